The lowest BCUT2D eigenvalue weighted by atomic mass is 9.89. The third-order valence-electron chi connectivity index (χ3n) is 4.98. The summed E-state index contributed by atoms with van der Waals surface area (Å²) in [5.74, 6) is -1.38. The van der Waals surface area contributed by atoms with Gasteiger partial charge in [-0.1, -0.05) is 31.4 Å². The molecule has 3 rings (SSSR count). The van der Waals surface area contributed by atoms with Crippen LogP contribution in [0.25, 0.3) is 0 Å². The Hall–Kier alpha value is -2.41. The highest BCUT2D eigenvalue weighted by Crippen LogP contribution is 2.25. The number of halogens is 2. The van der Waals surface area contributed by atoms with Gasteiger partial charge in [0.05, 0.1) is 17.0 Å². The summed E-state index contributed by atoms with van der Waals surface area (Å²) in [6.07, 6.45) is 6.06. The standard InChI is InChI=1S/C22H24F2N2O2S/c23-16-10-11-19(18(24)12-16)26-22(28)17-8-4-5-9-20(17)29-14-21(27)25-13-15-6-2-1-3-7-15/h4-5,8-12,15H,1-3,6-7,13-14H2,(H,25,27)(H,26,28). The molecule has 2 aromatic carbocycles. The highest BCUT2D eigenvalue weighted by Gasteiger charge is 2.17. The lowest BCUT2D eigenvalue weighted by Gasteiger charge is -2.21. The maximum Gasteiger partial charge on any atom is 0.256 e. The number of benzene rings is 2. The number of amides is 2. The van der Waals surface area contributed by atoms with E-state index in [1.54, 1.807) is 24.3 Å². The summed E-state index contributed by atoms with van der Waals surface area (Å²) in [4.78, 5) is 25.4. The molecule has 0 aromatic heterocycles. The van der Waals surface area contributed by atoms with E-state index < -0.39 is 17.5 Å². The normalized spacial score (nSPS) is 14.4. The Labute approximate surface area is 173 Å². The summed E-state index contributed by atoms with van der Waals surface area (Å²) in [6.45, 7) is 0.700. The van der Waals surface area contributed by atoms with E-state index in [4.69, 9.17) is 0 Å². The zero-order chi connectivity index (χ0) is 20.6. The molecule has 0 saturated heterocycles. The van der Waals surface area contributed by atoms with E-state index in [2.05, 4.69) is 10.6 Å². The summed E-state index contributed by atoms with van der Waals surface area (Å²) in [6, 6.07) is 9.80. The molecule has 1 saturated carbocycles. The van der Waals surface area contributed by atoms with Crippen molar-refractivity contribution >= 4 is 29.3 Å². The molecule has 4 nitrogen and oxygen atoms in total. The van der Waals surface area contributed by atoms with E-state index >= 15 is 0 Å². The number of carbonyl (C=O) groups is 2. The van der Waals surface area contributed by atoms with Crippen LogP contribution in [0, 0.1) is 17.6 Å². The Balaban J connectivity index is 1.56. The lowest BCUT2D eigenvalue weighted by Crippen LogP contribution is -2.31. The van der Waals surface area contributed by atoms with E-state index in [0.29, 0.717) is 29.0 Å². The molecule has 0 aliphatic heterocycles. The van der Waals surface area contributed by atoms with Gasteiger partial charge >= 0.3 is 0 Å². The number of hydrogen-bond donors (Lipinski definition) is 2. The smallest absolute Gasteiger partial charge is 0.256 e. The molecule has 0 radical (unpaired) electrons. The van der Waals surface area contributed by atoms with E-state index in [1.165, 1.54) is 37.1 Å². The minimum absolute atomic E-state index is 0.0691. The van der Waals surface area contributed by atoms with Crippen molar-refractivity contribution < 1.29 is 18.4 Å². The number of hydrogen-bond acceptors (Lipinski definition) is 3. The van der Waals surface area contributed by atoms with Gasteiger partial charge in [-0.05, 0) is 43.0 Å². The molecule has 1 aliphatic rings. The van der Waals surface area contributed by atoms with E-state index in [0.717, 1.165) is 18.9 Å². The molecule has 1 fully saturated rings. The van der Waals surface area contributed by atoms with Crippen molar-refractivity contribution in [3.63, 3.8) is 0 Å². The number of anilines is 1. The summed E-state index contributed by atoms with van der Waals surface area (Å²) in [7, 11) is 0. The largest absolute Gasteiger partial charge is 0.355 e. The maximum absolute atomic E-state index is 13.8. The van der Waals surface area contributed by atoms with Crippen LogP contribution in [0.15, 0.2) is 47.4 Å². The molecule has 0 spiro atoms. The second kappa shape index (κ2) is 10.4. The molecule has 154 valence electrons. The first-order valence-electron chi connectivity index (χ1n) is 9.78. The molecule has 0 bridgehead atoms. The first-order chi connectivity index (χ1) is 14.0. The first kappa shape index (κ1) is 21.3. The molecule has 7 heteroatoms. The van der Waals surface area contributed by atoms with Crippen LogP contribution in [0.1, 0.15) is 42.5 Å². The molecule has 2 aromatic rings. The average molecular weight is 419 g/mol. The molecule has 2 amide bonds. The fourth-order valence-corrected chi connectivity index (χ4v) is 4.28. The van der Waals surface area contributed by atoms with E-state index in [-0.39, 0.29) is 17.3 Å². The minimum Gasteiger partial charge on any atom is -0.355 e. The highest BCUT2D eigenvalue weighted by molar-refractivity contribution is 8.00. The predicted molar refractivity (Wildman–Crippen MR) is 111 cm³/mol. The van der Waals surface area contributed by atoms with Gasteiger partial charge in [0.1, 0.15) is 11.6 Å². The van der Waals surface area contributed by atoms with Crippen molar-refractivity contribution in [1.82, 2.24) is 5.32 Å². The highest BCUT2D eigenvalue weighted by atomic mass is 32.2. The number of thioether (sulfide) groups is 1. The predicted octanol–water partition coefficient (Wildman–Crippen LogP) is 5.01. The van der Waals surface area contributed by atoms with E-state index in [1.807, 2.05) is 0 Å². The summed E-state index contributed by atoms with van der Waals surface area (Å²) >= 11 is 1.26. The van der Waals surface area contributed by atoms with Crippen LogP contribution in [0.5, 0.6) is 0 Å². The third kappa shape index (κ3) is 6.29. The zero-order valence-corrected chi connectivity index (χ0v) is 16.9. The fourth-order valence-electron chi connectivity index (χ4n) is 3.40. The summed E-state index contributed by atoms with van der Waals surface area (Å²) in [5, 5.41) is 5.43. The molecule has 0 unspecified atom stereocenters. The quantitative estimate of drug-likeness (QED) is 0.622. The number of carbonyl (C=O) groups excluding carboxylic acids is 2. The van der Waals surface area contributed by atoms with Gasteiger partial charge in [-0.15, -0.1) is 11.8 Å². The number of nitrogens with one attached hydrogen (secondary N) is 2. The van der Waals surface area contributed by atoms with Crippen LogP contribution in [0.3, 0.4) is 0 Å². The van der Waals surface area contributed by atoms with Crippen LogP contribution in [-0.4, -0.2) is 24.1 Å². The molecular weight excluding hydrogens is 394 g/mol. The van der Waals surface area contributed by atoms with Gasteiger partial charge in [0.2, 0.25) is 5.91 Å². The monoisotopic (exact) mass is 418 g/mol. The van der Waals surface area contributed by atoms with Gasteiger partial charge in [0.25, 0.3) is 5.91 Å². The van der Waals surface area contributed by atoms with Gasteiger partial charge in [0, 0.05) is 17.5 Å². The van der Waals surface area contributed by atoms with Gasteiger partial charge in [-0.3, -0.25) is 9.59 Å². The van der Waals surface area contributed by atoms with Crippen LogP contribution in [-0.2, 0) is 4.79 Å². The van der Waals surface area contributed by atoms with Gasteiger partial charge < -0.3 is 10.6 Å². The fraction of sp³-hybridized carbons (Fsp3) is 0.364. The Bertz CT molecular complexity index is 870. The van der Waals surface area contributed by atoms with Gasteiger partial charge in [-0.2, -0.15) is 0 Å². The van der Waals surface area contributed by atoms with Crippen molar-refractivity contribution in [2.24, 2.45) is 5.92 Å². The molecule has 1 aliphatic carbocycles. The molecule has 2 N–H and O–H groups in total. The topological polar surface area (TPSA) is 58.2 Å². The molecule has 0 atom stereocenters. The molecule has 0 heterocycles. The van der Waals surface area contributed by atoms with Crippen LogP contribution in [0.2, 0.25) is 0 Å². The number of rotatable bonds is 7. The Kier molecular flexibility index (Phi) is 7.63. The second-order valence-electron chi connectivity index (χ2n) is 7.17. The Morgan fingerprint density at radius 3 is 2.55 bits per heavy atom. The zero-order valence-electron chi connectivity index (χ0n) is 16.0. The Morgan fingerprint density at radius 2 is 1.79 bits per heavy atom. The first-order valence-corrected chi connectivity index (χ1v) is 10.8. The van der Waals surface area contributed by atoms with Crippen molar-refractivity contribution in [2.75, 3.05) is 17.6 Å². The lowest BCUT2D eigenvalue weighted by molar-refractivity contribution is -0.118. The molecular formula is C22H24F2N2O2S. The SMILES string of the molecule is O=C(CSc1ccccc1C(=O)Nc1ccc(F)cc1F)NCC1CCCCC1. The van der Waals surface area contributed by atoms with Crippen LogP contribution >= 0.6 is 11.8 Å². The summed E-state index contributed by atoms with van der Waals surface area (Å²) < 4.78 is 26.8. The Morgan fingerprint density at radius 1 is 1.03 bits per heavy atom. The minimum atomic E-state index is -0.842. The van der Waals surface area contributed by atoms with Crippen molar-refractivity contribution in [1.29, 1.82) is 0 Å². The average Bonchev–Trinajstić information content (AvgIpc) is 2.73. The van der Waals surface area contributed by atoms with Crippen LogP contribution < -0.4 is 10.6 Å². The summed E-state index contributed by atoms with van der Waals surface area (Å²) in [5.41, 5.74) is 0.239. The van der Waals surface area contributed by atoms with Crippen molar-refractivity contribution in [3.05, 3.63) is 59.7 Å². The van der Waals surface area contributed by atoms with Crippen molar-refractivity contribution in [3.8, 4) is 0 Å². The van der Waals surface area contributed by atoms with Gasteiger partial charge in [-0.25, -0.2) is 8.78 Å². The van der Waals surface area contributed by atoms with Crippen molar-refractivity contribution in [2.45, 2.75) is 37.0 Å². The molecule has 29 heavy (non-hydrogen) atoms. The van der Waals surface area contributed by atoms with Crippen LogP contribution in [0.4, 0.5) is 14.5 Å². The maximum atomic E-state index is 13.8. The van der Waals surface area contributed by atoms with Gasteiger partial charge in [0.15, 0.2) is 0 Å². The van der Waals surface area contributed by atoms with E-state index in [9.17, 15) is 18.4 Å². The second-order valence-corrected chi connectivity index (χ2v) is 8.19. The third-order valence-corrected chi connectivity index (χ3v) is 6.06.